The number of anilines is 1. The van der Waals surface area contributed by atoms with Crippen molar-refractivity contribution in [3.05, 3.63) is 48.3 Å². The first-order valence-corrected chi connectivity index (χ1v) is 8.05. The number of nitrogens with two attached hydrogens (primary N) is 1. The van der Waals surface area contributed by atoms with Crippen molar-refractivity contribution in [3.63, 3.8) is 0 Å². The molecule has 1 aromatic carbocycles. The highest BCUT2D eigenvalue weighted by molar-refractivity contribution is 5.93. The summed E-state index contributed by atoms with van der Waals surface area (Å²) in [4.78, 5) is 27.8. The third kappa shape index (κ3) is 5.27. The van der Waals surface area contributed by atoms with E-state index in [0.29, 0.717) is 17.2 Å². The van der Waals surface area contributed by atoms with Gasteiger partial charge in [-0.2, -0.15) is 0 Å². The van der Waals surface area contributed by atoms with E-state index >= 15 is 0 Å². The van der Waals surface area contributed by atoms with E-state index in [9.17, 15) is 9.59 Å². The molecule has 1 atom stereocenters. The Morgan fingerprint density at radius 2 is 2.04 bits per heavy atom. The van der Waals surface area contributed by atoms with E-state index in [1.165, 1.54) is 26.4 Å². The summed E-state index contributed by atoms with van der Waals surface area (Å²) < 4.78 is 10.9. The molecule has 8 nitrogen and oxygen atoms in total. The largest absolute Gasteiger partial charge is 0.455 e. The fourth-order valence-corrected chi connectivity index (χ4v) is 2.18. The Labute approximate surface area is 151 Å². The monoisotopic (exact) mass is 358 g/mol. The first-order valence-electron chi connectivity index (χ1n) is 8.05. The second-order valence-electron chi connectivity index (χ2n) is 5.40. The number of benzene rings is 1. The molecule has 4 N–H and O–H groups in total. The van der Waals surface area contributed by atoms with E-state index in [4.69, 9.17) is 15.2 Å². The minimum Gasteiger partial charge on any atom is -0.455 e. The lowest BCUT2D eigenvalue weighted by molar-refractivity contribution is -0.118. The zero-order valence-corrected chi connectivity index (χ0v) is 14.7. The highest BCUT2D eigenvalue weighted by Gasteiger charge is 2.14. The summed E-state index contributed by atoms with van der Waals surface area (Å²) in [5, 5.41) is 5.29. The van der Waals surface area contributed by atoms with Crippen LogP contribution in [0.2, 0.25) is 0 Å². The average Bonchev–Trinajstić information content (AvgIpc) is 2.67. The zero-order valence-electron chi connectivity index (χ0n) is 14.7. The number of hydrogen-bond acceptors (Lipinski definition) is 6. The molecule has 0 saturated carbocycles. The molecule has 0 aliphatic heterocycles. The SMILES string of the molecule is CNC(=O)c1cc(Oc2ccccc2NC(=O)CC(CN)OC)ccn1. The molecule has 1 aromatic heterocycles. The van der Waals surface area contributed by atoms with Gasteiger partial charge in [0.15, 0.2) is 5.75 Å². The topological polar surface area (TPSA) is 116 Å². The van der Waals surface area contributed by atoms with Crippen molar-refractivity contribution in [3.8, 4) is 11.5 Å². The quantitative estimate of drug-likeness (QED) is 0.659. The predicted molar refractivity (Wildman–Crippen MR) is 97.2 cm³/mol. The second-order valence-corrected chi connectivity index (χ2v) is 5.40. The van der Waals surface area contributed by atoms with Crippen molar-refractivity contribution in [1.82, 2.24) is 10.3 Å². The molecule has 0 bridgehead atoms. The first-order chi connectivity index (χ1) is 12.6. The molecule has 0 spiro atoms. The fourth-order valence-electron chi connectivity index (χ4n) is 2.18. The number of carbonyl (C=O) groups is 2. The average molecular weight is 358 g/mol. The molecule has 0 fully saturated rings. The van der Waals surface area contributed by atoms with Crippen LogP contribution in [-0.2, 0) is 9.53 Å². The Morgan fingerprint density at radius 3 is 2.73 bits per heavy atom. The van der Waals surface area contributed by atoms with Gasteiger partial charge in [0.1, 0.15) is 11.4 Å². The van der Waals surface area contributed by atoms with Crippen LogP contribution >= 0.6 is 0 Å². The lowest BCUT2D eigenvalue weighted by atomic mass is 10.2. The Morgan fingerprint density at radius 1 is 1.27 bits per heavy atom. The van der Waals surface area contributed by atoms with Crippen LogP contribution in [0, 0.1) is 0 Å². The van der Waals surface area contributed by atoms with Crippen LogP contribution in [0.5, 0.6) is 11.5 Å². The highest BCUT2D eigenvalue weighted by Crippen LogP contribution is 2.29. The third-order valence-corrected chi connectivity index (χ3v) is 3.59. The van der Waals surface area contributed by atoms with Crippen LogP contribution in [-0.4, -0.2) is 43.6 Å². The third-order valence-electron chi connectivity index (χ3n) is 3.59. The minimum absolute atomic E-state index is 0.136. The predicted octanol–water partition coefficient (Wildman–Crippen LogP) is 1.54. The number of hydrogen-bond donors (Lipinski definition) is 3. The van der Waals surface area contributed by atoms with E-state index in [0.717, 1.165) is 0 Å². The number of nitrogens with one attached hydrogen (secondary N) is 2. The number of ether oxygens (including phenoxy) is 2. The van der Waals surface area contributed by atoms with Gasteiger partial charge in [-0.25, -0.2) is 0 Å². The normalized spacial score (nSPS) is 11.5. The van der Waals surface area contributed by atoms with Gasteiger partial charge < -0.3 is 25.8 Å². The van der Waals surface area contributed by atoms with Crippen LogP contribution < -0.4 is 21.1 Å². The van der Waals surface area contributed by atoms with E-state index in [1.807, 2.05) is 0 Å². The smallest absolute Gasteiger partial charge is 0.269 e. The van der Waals surface area contributed by atoms with Crippen LogP contribution in [0.15, 0.2) is 42.6 Å². The highest BCUT2D eigenvalue weighted by atomic mass is 16.5. The summed E-state index contributed by atoms with van der Waals surface area (Å²) in [7, 11) is 3.03. The maximum absolute atomic E-state index is 12.2. The molecular weight excluding hydrogens is 336 g/mol. The summed E-state index contributed by atoms with van der Waals surface area (Å²) >= 11 is 0. The van der Waals surface area contributed by atoms with Crippen LogP contribution in [0.3, 0.4) is 0 Å². The van der Waals surface area contributed by atoms with Crippen molar-refractivity contribution >= 4 is 17.5 Å². The van der Waals surface area contributed by atoms with Gasteiger partial charge >= 0.3 is 0 Å². The van der Waals surface area contributed by atoms with Crippen molar-refractivity contribution in [2.75, 3.05) is 26.0 Å². The van der Waals surface area contributed by atoms with Gasteiger partial charge in [0.2, 0.25) is 5.91 Å². The second kappa shape index (κ2) is 9.50. The standard InChI is InChI=1S/C18H22N4O4/c1-20-18(24)15-9-12(7-8-21-15)26-16-6-4-3-5-14(16)22-17(23)10-13(11-19)25-2/h3-9,13H,10-11,19H2,1-2H3,(H,20,24)(H,22,23). The number of carbonyl (C=O) groups excluding carboxylic acids is 2. The molecule has 1 heterocycles. The number of methoxy groups -OCH3 is 1. The van der Waals surface area contributed by atoms with Crippen molar-refractivity contribution < 1.29 is 19.1 Å². The summed E-state index contributed by atoms with van der Waals surface area (Å²) in [6, 6.07) is 10.1. The van der Waals surface area contributed by atoms with E-state index in [2.05, 4.69) is 15.6 Å². The maximum atomic E-state index is 12.2. The zero-order chi connectivity index (χ0) is 18.9. The van der Waals surface area contributed by atoms with Crippen LogP contribution in [0.25, 0.3) is 0 Å². The Hall–Kier alpha value is -2.97. The van der Waals surface area contributed by atoms with E-state index in [-0.39, 0.29) is 36.6 Å². The Balaban J connectivity index is 2.14. The number of nitrogens with zero attached hydrogens (tertiary/aromatic N) is 1. The lowest BCUT2D eigenvalue weighted by Gasteiger charge is -2.15. The summed E-state index contributed by atoms with van der Waals surface area (Å²) in [5.74, 6) is 0.317. The van der Waals surface area contributed by atoms with Gasteiger partial charge in [-0.05, 0) is 18.2 Å². The Kier molecular flexibility index (Phi) is 7.07. The number of para-hydroxylation sites is 2. The fraction of sp³-hybridized carbons (Fsp3) is 0.278. The van der Waals surface area contributed by atoms with Gasteiger partial charge in [0.25, 0.3) is 5.91 Å². The van der Waals surface area contributed by atoms with E-state index in [1.54, 1.807) is 30.3 Å². The van der Waals surface area contributed by atoms with Crippen LogP contribution in [0.4, 0.5) is 5.69 Å². The molecule has 138 valence electrons. The lowest BCUT2D eigenvalue weighted by Crippen LogP contribution is -2.28. The minimum atomic E-state index is -0.349. The molecular formula is C18H22N4O4. The number of aromatic nitrogens is 1. The molecule has 2 amide bonds. The Bertz CT molecular complexity index is 762. The van der Waals surface area contributed by atoms with Gasteiger partial charge in [0, 0.05) is 33.0 Å². The van der Waals surface area contributed by atoms with E-state index < -0.39 is 0 Å². The van der Waals surface area contributed by atoms with Gasteiger partial charge in [0.05, 0.1) is 18.2 Å². The molecule has 0 saturated heterocycles. The molecule has 0 aliphatic rings. The summed E-state index contributed by atoms with van der Waals surface area (Å²) in [6.07, 6.45) is 1.27. The molecule has 0 aliphatic carbocycles. The maximum Gasteiger partial charge on any atom is 0.269 e. The van der Waals surface area contributed by atoms with Gasteiger partial charge in [-0.15, -0.1) is 0 Å². The molecule has 26 heavy (non-hydrogen) atoms. The summed E-state index contributed by atoms with van der Waals surface area (Å²) in [6.45, 7) is 0.251. The number of amides is 2. The molecule has 8 heteroatoms. The van der Waals surface area contributed by atoms with Crippen molar-refractivity contribution in [2.45, 2.75) is 12.5 Å². The molecule has 0 radical (unpaired) electrons. The summed E-state index contributed by atoms with van der Waals surface area (Å²) in [5.41, 5.74) is 6.27. The molecule has 2 aromatic rings. The molecule has 2 rings (SSSR count). The molecule has 1 unspecified atom stereocenters. The van der Waals surface area contributed by atoms with Gasteiger partial charge in [-0.3, -0.25) is 14.6 Å². The van der Waals surface area contributed by atoms with Crippen molar-refractivity contribution in [1.29, 1.82) is 0 Å². The number of pyridine rings is 1. The van der Waals surface area contributed by atoms with Gasteiger partial charge in [-0.1, -0.05) is 12.1 Å². The first kappa shape index (κ1) is 19.4. The number of rotatable bonds is 8. The van der Waals surface area contributed by atoms with Crippen LogP contribution in [0.1, 0.15) is 16.9 Å². The van der Waals surface area contributed by atoms with Crippen molar-refractivity contribution in [2.24, 2.45) is 5.73 Å².